The molecule has 4 aromatic rings. The maximum atomic E-state index is 14.5. The van der Waals surface area contributed by atoms with Crippen LogP contribution in [0, 0.1) is 11.7 Å². The minimum absolute atomic E-state index is 0.0681. The highest BCUT2D eigenvalue weighted by molar-refractivity contribution is 7.22. The highest BCUT2D eigenvalue weighted by atomic mass is 35.5. The summed E-state index contributed by atoms with van der Waals surface area (Å²) in [6.45, 7) is 3.68. The zero-order chi connectivity index (χ0) is 26.6. The van der Waals surface area contributed by atoms with E-state index in [1.165, 1.54) is 23.0 Å². The second-order valence-electron chi connectivity index (χ2n) is 9.94. The second kappa shape index (κ2) is 9.98. The van der Waals surface area contributed by atoms with Gasteiger partial charge in [-0.05, 0) is 68.9 Å². The molecule has 10 heteroatoms. The first-order chi connectivity index (χ1) is 18.3. The number of fused-ring (bicyclic) bond motifs is 1. The lowest BCUT2D eigenvalue weighted by molar-refractivity contribution is 0.0696. The molecule has 196 valence electrons. The van der Waals surface area contributed by atoms with Crippen LogP contribution in [0.5, 0.6) is 0 Å². The molecule has 2 fully saturated rings. The third-order valence-electron chi connectivity index (χ3n) is 7.37. The van der Waals surface area contributed by atoms with Gasteiger partial charge < -0.3 is 14.5 Å². The number of piperidine rings is 1. The van der Waals surface area contributed by atoms with Crippen molar-refractivity contribution in [1.29, 1.82) is 0 Å². The van der Waals surface area contributed by atoms with Gasteiger partial charge in [-0.2, -0.15) is 0 Å². The number of nitrogens with zero attached hydrogens (tertiary/aromatic N) is 3. The number of anilines is 1. The molecular formula is C28H24Cl2FN3O3S. The van der Waals surface area contributed by atoms with Gasteiger partial charge in [-0.15, -0.1) is 0 Å². The third kappa shape index (κ3) is 4.70. The molecule has 1 aliphatic heterocycles. The van der Waals surface area contributed by atoms with E-state index < -0.39 is 11.8 Å². The lowest BCUT2D eigenvalue weighted by Gasteiger charge is -2.32. The summed E-state index contributed by atoms with van der Waals surface area (Å²) in [6, 6.07) is 7.94. The first kappa shape index (κ1) is 25.3. The smallest absolute Gasteiger partial charge is 0.335 e. The number of benzene rings is 2. The lowest BCUT2D eigenvalue weighted by atomic mass is 9.88. The van der Waals surface area contributed by atoms with Crippen molar-refractivity contribution in [1.82, 2.24) is 10.1 Å². The summed E-state index contributed by atoms with van der Waals surface area (Å²) in [5.74, 6) is -0.135. The van der Waals surface area contributed by atoms with Gasteiger partial charge in [0.1, 0.15) is 17.0 Å². The maximum absolute atomic E-state index is 14.5. The van der Waals surface area contributed by atoms with Crippen LogP contribution in [0.4, 0.5) is 9.52 Å². The predicted octanol–water partition coefficient (Wildman–Crippen LogP) is 8.29. The van der Waals surface area contributed by atoms with Gasteiger partial charge in [-0.3, -0.25) is 0 Å². The zero-order valence-corrected chi connectivity index (χ0v) is 22.8. The number of rotatable bonds is 6. The quantitative estimate of drug-likeness (QED) is 0.250. The Balaban J connectivity index is 1.24. The molecule has 0 amide bonds. The highest BCUT2D eigenvalue weighted by Gasteiger charge is 2.33. The molecule has 2 aromatic heterocycles. The largest absolute Gasteiger partial charge is 0.478 e. The fraction of sp³-hybridized carbons (Fsp3) is 0.321. The fourth-order valence-electron chi connectivity index (χ4n) is 5.10. The van der Waals surface area contributed by atoms with E-state index in [1.807, 2.05) is 6.07 Å². The second-order valence-corrected chi connectivity index (χ2v) is 11.8. The molecule has 0 spiro atoms. The number of carboxylic acid groups (broad SMARTS) is 1. The van der Waals surface area contributed by atoms with E-state index in [-0.39, 0.29) is 11.1 Å². The number of allylic oxidation sites excluding steroid dienone is 1. The van der Waals surface area contributed by atoms with E-state index >= 15 is 0 Å². The third-order valence-corrected chi connectivity index (χ3v) is 9.06. The number of aromatic carboxylic acids is 1. The van der Waals surface area contributed by atoms with Crippen LogP contribution in [0.15, 0.2) is 40.4 Å². The molecule has 0 bridgehead atoms. The van der Waals surface area contributed by atoms with Gasteiger partial charge in [-0.25, -0.2) is 14.2 Å². The highest BCUT2D eigenvalue weighted by Crippen LogP contribution is 2.47. The molecule has 0 atom stereocenters. The summed E-state index contributed by atoms with van der Waals surface area (Å²) in [5, 5.41) is 15.4. The number of halogens is 3. The van der Waals surface area contributed by atoms with Crippen molar-refractivity contribution in [3.8, 4) is 11.3 Å². The first-order valence-electron chi connectivity index (χ1n) is 12.5. The Hall–Kier alpha value is -2.94. The fourth-order valence-corrected chi connectivity index (χ4v) is 6.75. The Morgan fingerprint density at radius 2 is 1.89 bits per heavy atom. The molecular weight excluding hydrogens is 548 g/mol. The van der Waals surface area contributed by atoms with Gasteiger partial charge >= 0.3 is 5.97 Å². The summed E-state index contributed by atoms with van der Waals surface area (Å²) >= 11 is 14.4. The van der Waals surface area contributed by atoms with Gasteiger partial charge in [0.25, 0.3) is 0 Å². The molecule has 3 heterocycles. The van der Waals surface area contributed by atoms with Crippen LogP contribution in [0.25, 0.3) is 27.6 Å². The lowest BCUT2D eigenvalue weighted by Crippen LogP contribution is -2.33. The van der Waals surface area contributed by atoms with Crippen molar-refractivity contribution >= 4 is 61.9 Å². The molecule has 1 N–H and O–H groups in total. The number of carboxylic acids is 1. The Labute approximate surface area is 232 Å². The Kier molecular flexibility index (Phi) is 6.66. The van der Waals surface area contributed by atoms with E-state index in [4.69, 9.17) is 27.7 Å². The number of thiazole rings is 1. The van der Waals surface area contributed by atoms with Crippen LogP contribution < -0.4 is 4.90 Å². The topological polar surface area (TPSA) is 79.5 Å². The molecule has 0 radical (unpaired) electrons. The van der Waals surface area contributed by atoms with Gasteiger partial charge in [0, 0.05) is 30.1 Å². The monoisotopic (exact) mass is 571 g/mol. The molecule has 1 saturated heterocycles. The van der Waals surface area contributed by atoms with Crippen LogP contribution in [-0.4, -0.2) is 34.3 Å². The van der Waals surface area contributed by atoms with Crippen molar-refractivity contribution in [2.24, 2.45) is 5.92 Å². The van der Waals surface area contributed by atoms with Crippen molar-refractivity contribution in [3.63, 3.8) is 0 Å². The maximum Gasteiger partial charge on any atom is 0.335 e. The van der Waals surface area contributed by atoms with Crippen molar-refractivity contribution in [3.05, 3.63) is 68.7 Å². The van der Waals surface area contributed by atoms with Crippen LogP contribution in [0.3, 0.4) is 0 Å². The number of hydrogen-bond donors (Lipinski definition) is 1. The van der Waals surface area contributed by atoms with Gasteiger partial charge in [0.05, 0.1) is 20.3 Å². The molecule has 6 rings (SSSR count). The van der Waals surface area contributed by atoms with Crippen LogP contribution >= 0.6 is 34.5 Å². The van der Waals surface area contributed by atoms with E-state index in [0.717, 1.165) is 56.2 Å². The van der Waals surface area contributed by atoms with E-state index in [9.17, 15) is 14.3 Å². The summed E-state index contributed by atoms with van der Waals surface area (Å²) < 4.78 is 20.8. The van der Waals surface area contributed by atoms with Crippen molar-refractivity contribution < 1.29 is 18.8 Å². The Bertz CT molecular complexity index is 1570. The molecule has 38 heavy (non-hydrogen) atoms. The predicted molar refractivity (Wildman–Crippen MR) is 149 cm³/mol. The molecule has 2 aliphatic rings. The van der Waals surface area contributed by atoms with Gasteiger partial charge in [0.15, 0.2) is 10.9 Å². The standard InChI is InChI=1S/C28H24Cl2FN3O3S/c1-14(11-18-24(33-37-26(18)16-5-6-16)23-19(29)3-2-4-20(23)30)15-7-9-34(10-8-15)28-32-25-21(31)12-17(27(35)36)13-22(25)38-28/h2-4,11-13,15-16H,5-10H2,1H3,(H,35,36)/b14-11+. The minimum atomic E-state index is -1.15. The first-order valence-corrected chi connectivity index (χ1v) is 14.1. The summed E-state index contributed by atoms with van der Waals surface area (Å²) in [4.78, 5) is 17.9. The van der Waals surface area contributed by atoms with Crippen LogP contribution in [0.2, 0.25) is 10.0 Å². The number of carbonyl (C=O) groups is 1. The van der Waals surface area contributed by atoms with Crippen molar-refractivity contribution in [2.75, 3.05) is 18.0 Å². The molecule has 1 saturated carbocycles. The van der Waals surface area contributed by atoms with E-state index in [0.29, 0.717) is 43.0 Å². The zero-order valence-electron chi connectivity index (χ0n) is 20.5. The van der Waals surface area contributed by atoms with Crippen LogP contribution in [0.1, 0.15) is 60.2 Å². The van der Waals surface area contributed by atoms with E-state index in [2.05, 4.69) is 28.0 Å². The molecule has 2 aromatic carbocycles. The summed E-state index contributed by atoms with van der Waals surface area (Å²) in [7, 11) is 0. The van der Waals surface area contributed by atoms with Gasteiger partial charge in [0.2, 0.25) is 0 Å². The molecule has 6 nitrogen and oxygen atoms in total. The average molecular weight is 572 g/mol. The molecule has 0 unspecified atom stereocenters. The normalized spacial score (nSPS) is 16.9. The van der Waals surface area contributed by atoms with E-state index in [1.54, 1.807) is 12.1 Å². The SMILES string of the molecule is C/C(=C\c1c(-c2c(Cl)cccc2Cl)noc1C1CC1)C1CCN(c2nc3c(F)cc(C(=O)O)cc3s2)CC1. The molecule has 1 aliphatic carbocycles. The Morgan fingerprint density at radius 3 is 2.55 bits per heavy atom. The Morgan fingerprint density at radius 1 is 1.18 bits per heavy atom. The summed E-state index contributed by atoms with van der Waals surface area (Å²) in [6.07, 6.45) is 6.17. The van der Waals surface area contributed by atoms with Crippen LogP contribution in [-0.2, 0) is 0 Å². The summed E-state index contributed by atoms with van der Waals surface area (Å²) in [5.41, 5.74) is 3.71. The van der Waals surface area contributed by atoms with Gasteiger partial charge in [-0.1, -0.05) is 51.3 Å². The minimum Gasteiger partial charge on any atom is -0.478 e. The number of aromatic nitrogens is 2. The number of hydrogen-bond acceptors (Lipinski definition) is 6. The average Bonchev–Trinajstić information content (AvgIpc) is 3.51. The van der Waals surface area contributed by atoms with Crippen molar-refractivity contribution in [2.45, 2.75) is 38.5 Å².